The molecule has 0 aromatic carbocycles. The van der Waals surface area contributed by atoms with E-state index in [0.29, 0.717) is 0 Å². The van der Waals surface area contributed by atoms with Crippen LogP contribution >= 0.6 is 38.5 Å². The minimum atomic E-state index is -4.72. The third-order valence-corrected chi connectivity index (χ3v) is 3.13. The molecule has 0 radical (unpaired) electrons. The Labute approximate surface area is 110 Å². The van der Waals surface area contributed by atoms with Crippen LogP contribution in [0.4, 0.5) is 22.0 Å². The zero-order valence-electron chi connectivity index (χ0n) is 7.45. The van der Waals surface area contributed by atoms with Gasteiger partial charge in [-0.05, 0) is 34.2 Å². The van der Waals surface area contributed by atoms with E-state index in [-0.39, 0.29) is 14.5 Å². The van der Waals surface area contributed by atoms with E-state index >= 15 is 0 Å². The number of nitrogens with zero attached hydrogens (tertiary/aromatic N) is 1. The van der Waals surface area contributed by atoms with E-state index in [4.69, 9.17) is 0 Å². The SMILES string of the molecule is FC(F)c1nc(C(F)(F)F)c(I)cc1CBr. The fourth-order valence-electron chi connectivity index (χ4n) is 1.04. The van der Waals surface area contributed by atoms with Gasteiger partial charge in [0.05, 0.1) is 0 Å². The molecule has 0 aliphatic rings. The van der Waals surface area contributed by atoms with Crippen LogP contribution in [0.25, 0.3) is 0 Å². The van der Waals surface area contributed by atoms with Crippen LogP contribution in [0.3, 0.4) is 0 Å². The summed E-state index contributed by atoms with van der Waals surface area (Å²) in [7, 11) is 0. The van der Waals surface area contributed by atoms with Crippen LogP contribution in [-0.4, -0.2) is 4.98 Å². The van der Waals surface area contributed by atoms with E-state index in [2.05, 4.69) is 20.9 Å². The Morgan fingerprint density at radius 1 is 1.38 bits per heavy atom. The van der Waals surface area contributed by atoms with Gasteiger partial charge in [-0.3, -0.25) is 0 Å². The molecule has 1 rings (SSSR count). The molecule has 1 nitrogen and oxygen atoms in total. The van der Waals surface area contributed by atoms with E-state index in [9.17, 15) is 22.0 Å². The Hall–Kier alpha value is 0.01000. The second kappa shape index (κ2) is 5.11. The Morgan fingerprint density at radius 3 is 2.31 bits per heavy atom. The summed E-state index contributed by atoms with van der Waals surface area (Å²) in [6, 6.07) is 1.06. The number of pyridine rings is 1. The number of hydrogen-bond acceptors (Lipinski definition) is 1. The second-order valence-electron chi connectivity index (χ2n) is 2.80. The summed E-state index contributed by atoms with van der Waals surface area (Å²) >= 11 is 4.35. The van der Waals surface area contributed by atoms with Gasteiger partial charge in [-0.25, -0.2) is 13.8 Å². The third kappa shape index (κ3) is 3.02. The zero-order chi connectivity index (χ0) is 12.5. The van der Waals surface area contributed by atoms with Crippen molar-refractivity contribution in [1.29, 1.82) is 0 Å². The minimum absolute atomic E-state index is 0.0355. The highest BCUT2D eigenvalue weighted by Gasteiger charge is 2.36. The first-order valence-electron chi connectivity index (χ1n) is 3.88. The predicted molar refractivity (Wildman–Crippen MR) is 59.5 cm³/mol. The molecule has 1 aromatic rings. The topological polar surface area (TPSA) is 12.9 Å². The van der Waals surface area contributed by atoms with Crippen molar-refractivity contribution in [2.24, 2.45) is 0 Å². The van der Waals surface area contributed by atoms with Crippen LogP contribution in [0.5, 0.6) is 0 Å². The van der Waals surface area contributed by atoms with Crippen molar-refractivity contribution in [3.05, 3.63) is 26.6 Å². The van der Waals surface area contributed by atoms with Crippen molar-refractivity contribution in [3.63, 3.8) is 0 Å². The average molecular weight is 416 g/mol. The van der Waals surface area contributed by atoms with Crippen LogP contribution in [0.2, 0.25) is 0 Å². The van der Waals surface area contributed by atoms with Gasteiger partial charge in [-0.1, -0.05) is 15.9 Å². The van der Waals surface area contributed by atoms with E-state index in [0.717, 1.165) is 6.07 Å². The second-order valence-corrected chi connectivity index (χ2v) is 4.52. The Bertz CT molecular complexity index is 393. The highest BCUT2D eigenvalue weighted by atomic mass is 127. The van der Waals surface area contributed by atoms with Crippen LogP contribution in [0.1, 0.15) is 23.4 Å². The van der Waals surface area contributed by atoms with Crippen molar-refractivity contribution in [1.82, 2.24) is 4.98 Å². The molecule has 0 unspecified atom stereocenters. The van der Waals surface area contributed by atoms with Gasteiger partial charge in [0.2, 0.25) is 0 Å². The fraction of sp³-hybridized carbons (Fsp3) is 0.375. The summed E-state index contributed by atoms with van der Waals surface area (Å²) in [4.78, 5) is 3.00. The first-order chi connectivity index (χ1) is 7.27. The molecule has 0 spiro atoms. The number of halogens is 7. The predicted octanol–water partition coefficient (Wildman–Crippen LogP) is 4.54. The largest absolute Gasteiger partial charge is 0.434 e. The van der Waals surface area contributed by atoms with Gasteiger partial charge >= 0.3 is 6.18 Å². The van der Waals surface area contributed by atoms with Crippen LogP contribution < -0.4 is 0 Å². The van der Waals surface area contributed by atoms with Crippen molar-refractivity contribution < 1.29 is 22.0 Å². The maximum Gasteiger partial charge on any atom is 0.434 e. The molecule has 0 saturated heterocycles. The lowest BCUT2D eigenvalue weighted by Gasteiger charge is -2.12. The Morgan fingerprint density at radius 2 is 1.94 bits per heavy atom. The fourth-order valence-corrected chi connectivity index (χ4v) is 2.29. The molecule has 16 heavy (non-hydrogen) atoms. The highest BCUT2D eigenvalue weighted by Crippen LogP contribution is 2.34. The van der Waals surface area contributed by atoms with Gasteiger partial charge in [0.15, 0.2) is 5.69 Å². The standard InChI is InChI=1S/C8H4BrF5IN/c9-2-3-1-4(15)6(8(12,13)14)16-5(3)7(10)11/h1,7H,2H2. The molecule has 0 saturated carbocycles. The molecule has 0 aliphatic carbocycles. The molecule has 0 atom stereocenters. The van der Waals surface area contributed by atoms with Gasteiger partial charge in [0.25, 0.3) is 6.43 Å². The number of alkyl halides is 6. The number of hydrogen-bond donors (Lipinski definition) is 0. The Balaban J connectivity index is 3.39. The lowest BCUT2D eigenvalue weighted by Crippen LogP contribution is -2.13. The lowest BCUT2D eigenvalue weighted by molar-refractivity contribution is -0.142. The summed E-state index contributed by atoms with van der Waals surface area (Å²) in [5, 5.41) is 0.0355. The van der Waals surface area contributed by atoms with Crippen molar-refractivity contribution in [2.75, 3.05) is 0 Å². The van der Waals surface area contributed by atoms with E-state index in [1.165, 1.54) is 22.6 Å². The van der Waals surface area contributed by atoms with E-state index in [1.807, 2.05) is 0 Å². The maximum atomic E-state index is 12.5. The first kappa shape index (κ1) is 14.1. The maximum absolute atomic E-state index is 12.5. The molecular weight excluding hydrogens is 412 g/mol. The Kier molecular flexibility index (Phi) is 4.49. The van der Waals surface area contributed by atoms with Crippen molar-refractivity contribution in [3.8, 4) is 0 Å². The van der Waals surface area contributed by atoms with Gasteiger partial charge in [-0.15, -0.1) is 0 Å². The van der Waals surface area contributed by atoms with Crippen molar-refractivity contribution >= 4 is 38.5 Å². The molecule has 8 heteroatoms. The highest BCUT2D eigenvalue weighted by molar-refractivity contribution is 14.1. The summed E-state index contributed by atoms with van der Waals surface area (Å²) in [5.74, 6) is 0. The summed E-state index contributed by atoms with van der Waals surface area (Å²) in [5.41, 5.74) is -2.04. The zero-order valence-corrected chi connectivity index (χ0v) is 11.2. The summed E-state index contributed by atoms with van der Waals surface area (Å²) < 4.78 is 61.9. The molecule has 0 amide bonds. The molecule has 0 bridgehead atoms. The van der Waals surface area contributed by atoms with Gasteiger partial charge in [-0.2, -0.15) is 13.2 Å². The molecule has 0 fully saturated rings. The average Bonchev–Trinajstić information content (AvgIpc) is 2.14. The normalized spacial score (nSPS) is 12.2. The first-order valence-corrected chi connectivity index (χ1v) is 6.08. The minimum Gasteiger partial charge on any atom is -0.241 e. The molecule has 90 valence electrons. The van der Waals surface area contributed by atoms with Crippen molar-refractivity contribution in [2.45, 2.75) is 17.9 Å². The molecule has 0 aliphatic heterocycles. The van der Waals surface area contributed by atoms with Gasteiger partial charge in [0.1, 0.15) is 5.69 Å². The summed E-state index contributed by atoms with van der Waals surface area (Å²) in [6.07, 6.45) is -7.74. The van der Waals surface area contributed by atoms with Gasteiger partial charge < -0.3 is 0 Å². The van der Waals surface area contributed by atoms with E-state index in [1.54, 1.807) is 0 Å². The van der Waals surface area contributed by atoms with Crippen LogP contribution in [0, 0.1) is 3.57 Å². The third-order valence-electron chi connectivity index (χ3n) is 1.71. The molecule has 1 aromatic heterocycles. The van der Waals surface area contributed by atoms with E-state index < -0.39 is 24.0 Å². The van der Waals surface area contributed by atoms with Crippen LogP contribution in [-0.2, 0) is 11.5 Å². The monoisotopic (exact) mass is 415 g/mol. The molecule has 1 heterocycles. The lowest BCUT2D eigenvalue weighted by atomic mass is 10.2. The summed E-state index contributed by atoms with van der Waals surface area (Å²) in [6.45, 7) is 0. The smallest absolute Gasteiger partial charge is 0.241 e. The molecule has 0 N–H and O–H groups in total. The number of rotatable bonds is 2. The number of aromatic nitrogens is 1. The van der Waals surface area contributed by atoms with Gasteiger partial charge in [0, 0.05) is 8.90 Å². The molecular formula is C8H4BrF5IN. The van der Waals surface area contributed by atoms with Crippen LogP contribution in [0.15, 0.2) is 6.07 Å². The quantitative estimate of drug-likeness (QED) is 0.392.